The second-order valence-corrected chi connectivity index (χ2v) is 4.03. The predicted molar refractivity (Wildman–Crippen MR) is 59.4 cm³/mol. The molecule has 0 amide bonds. The first-order valence-corrected chi connectivity index (χ1v) is 5.90. The summed E-state index contributed by atoms with van der Waals surface area (Å²) in [6.45, 7) is 6.92. The van der Waals surface area contributed by atoms with E-state index >= 15 is 0 Å². The molecule has 14 heavy (non-hydrogen) atoms. The molecule has 0 aliphatic carbocycles. The number of ether oxygens (including phenoxy) is 1. The number of morpholine rings is 1. The molecule has 3 heteroatoms. The van der Waals surface area contributed by atoms with Gasteiger partial charge in [0.25, 0.3) is 0 Å². The number of rotatable bonds is 6. The van der Waals surface area contributed by atoms with Crippen molar-refractivity contribution in [2.75, 3.05) is 32.8 Å². The fraction of sp³-hybridized carbons (Fsp3) is 1.00. The molecule has 1 fully saturated rings. The molecule has 1 aliphatic rings. The Morgan fingerprint density at radius 2 is 2.00 bits per heavy atom. The third kappa shape index (κ3) is 3.95. The van der Waals surface area contributed by atoms with E-state index in [2.05, 4.69) is 11.8 Å². The van der Waals surface area contributed by atoms with Gasteiger partial charge in [-0.15, -0.1) is 0 Å². The lowest BCUT2D eigenvalue weighted by Crippen LogP contribution is -2.46. The highest BCUT2D eigenvalue weighted by molar-refractivity contribution is 4.74. The summed E-state index contributed by atoms with van der Waals surface area (Å²) in [5.41, 5.74) is 5.80. The highest BCUT2D eigenvalue weighted by atomic mass is 16.5. The molecular formula is C11H24N2O. The minimum absolute atomic E-state index is 0.588. The van der Waals surface area contributed by atoms with Crippen LogP contribution in [0.4, 0.5) is 0 Å². The van der Waals surface area contributed by atoms with Crippen molar-refractivity contribution in [1.82, 2.24) is 4.90 Å². The summed E-state index contributed by atoms with van der Waals surface area (Å²) in [5.74, 6) is 0. The molecule has 0 saturated carbocycles. The van der Waals surface area contributed by atoms with Crippen LogP contribution in [-0.4, -0.2) is 43.8 Å². The van der Waals surface area contributed by atoms with Gasteiger partial charge < -0.3 is 10.5 Å². The minimum atomic E-state index is 0.588. The van der Waals surface area contributed by atoms with E-state index in [9.17, 15) is 0 Å². The van der Waals surface area contributed by atoms with Crippen LogP contribution < -0.4 is 5.73 Å². The van der Waals surface area contributed by atoms with Crippen LogP contribution in [0, 0.1) is 0 Å². The summed E-state index contributed by atoms with van der Waals surface area (Å²) < 4.78 is 5.34. The van der Waals surface area contributed by atoms with Crippen LogP contribution in [0.2, 0.25) is 0 Å². The van der Waals surface area contributed by atoms with E-state index in [-0.39, 0.29) is 0 Å². The quantitative estimate of drug-likeness (QED) is 0.655. The van der Waals surface area contributed by atoms with E-state index in [0.29, 0.717) is 6.04 Å². The standard InChI is InChI=1S/C11H24N2O/c1-2-3-4-5-11(10-12)13-6-8-14-9-7-13/h11H,2-10,12H2,1H3. The van der Waals surface area contributed by atoms with Crippen molar-refractivity contribution < 1.29 is 4.74 Å². The van der Waals surface area contributed by atoms with E-state index in [1.54, 1.807) is 0 Å². The lowest BCUT2D eigenvalue weighted by molar-refractivity contribution is 0.0161. The van der Waals surface area contributed by atoms with Crippen LogP contribution in [0.1, 0.15) is 32.6 Å². The van der Waals surface area contributed by atoms with Gasteiger partial charge >= 0.3 is 0 Å². The summed E-state index contributed by atoms with van der Waals surface area (Å²) in [5, 5.41) is 0. The second kappa shape index (κ2) is 7.21. The fourth-order valence-electron chi connectivity index (χ4n) is 2.02. The third-order valence-electron chi connectivity index (χ3n) is 2.98. The number of nitrogens with zero attached hydrogens (tertiary/aromatic N) is 1. The molecule has 84 valence electrons. The van der Waals surface area contributed by atoms with Gasteiger partial charge in [-0.3, -0.25) is 4.90 Å². The number of hydrogen-bond donors (Lipinski definition) is 1. The summed E-state index contributed by atoms with van der Waals surface area (Å²) in [6.07, 6.45) is 5.20. The van der Waals surface area contributed by atoms with Crippen molar-refractivity contribution in [1.29, 1.82) is 0 Å². The molecule has 1 unspecified atom stereocenters. The molecular weight excluding hydrogens is 176 g/mol. The van der Waals surface area contributed by atoms with E-state index in [1.807, 2.05) is 0 Å². The van der Waals surface area contributed by atoms with E-state index < -0.39 is 0 Å². The molecule has 1 saturated heterocycles. The summed E-state index contributed by atoms with van der Waals surface area (Å²) in [4.78, 5) is 2.49. The predicted octanol–water partition coefficient (Wildman–Crippen LogP) is 1.23. The van der Waals surface area contributed by atoms with Crippen molar-refractivity contribution in [2.24, 2.45) is 5.73 Å². The molecule has 1 heterocycles. The lowest BCUT2D eigenvalue weighted by atomic mass is 10.1. The molecule has 0 aromatic carbocycles. The molecule has 0 bridgehead atoms. The minimum Gasteiger partial charge on any atom is -0.379 e. The molecule has 0 aromatic rings. The molecule has 1 aliphatic heterocycles. The molecule has 2 N–H and O–H groups in total. The molecule has 0 spiro atoms. The maximum atomic E-state index is 5.80. The van der Waals surface area contributed by atoms with Crippen molar-refractivity contribution in [3.05, 3.63) is 0 Å². The Morgan fingerprint density at radius 1 is 1.29 bits per heavy atom. The van der Waals surface area contributed by atoms with Gasteiger partial charge in [0.2, 0.25) is 0 Å². The van der Waals surface area contributed by atoms with E-state index in [0.717, 1.165) is 32.8 Å². The van der Waals surface area contributed by atoms with Crippen molar-refractivity contribution >= 4 is 0 Å². The average Bonchev–Trinajstić information content (AvgIpc) is 2.26. The van der Waals surface area contributed by atoms with Crippen LogP contribution in [0.15, 0.2) is 0 Å². The molecule has 1 atom stereocenters. The third-order valence-corrected chi connectivity index (χ3v) is 2.98. The van der Waals surface area contributed by atoms with Crippen molar-refractivity contribution in [2.45, 2.75) is 38.6 Å². The first kappa shape index (κ1) is 12.0. The van der Waals surface area contributed by atoms with Crippen LogP contribution in [-0.2, 0) is 4.74 Å². The van der Waals surface area contributed by atoms with E-state index in [4.69, 9.17) is 10.5 Å². The summed E-state index contributed by atoms with van der Waals surface area (Å²) in [6, 6.07) is 0.588. The van der Waals surface area contributed by atoms with Gasteiger partial charge in [-0.2, -0.15) is 0 Å². The van der Waals surface area contributed by atoms with Crippen LogP contribution >= 0.6 is 0 Å². The Balaban J connectivity index is 2.21. The van der Waals surface area contributed by atoms with Gasteiger partial charge in [-0.05, 0) is 6.42 Å². The Kier molecular flexibility index (Phi) is 6.15. The van der Waals surface area contributed by atoms with Crippen LogP contribution in [0.3, 0.4) is 0 Å². The van der Waals surface area contributed by atoms with Gasteiger partial charge in [0.1, 0.15) is 0 Å². The highest BCUT2D eigenvalue weighted by Gasteiger charge is 2.18. The maximum Gasteiger partial charge on any atom is 0.0594 e. The highest BCUT2D eigenvalue weighted by Crippen LogP contribution is 2.10. The van der Waals surface area contributed by atoms with Crippen LogP contribution in [0.25, 0.3) is 0 Å². The SMILES string of the molecule is CCCCCC(CN)N1CCOCC1. The summed E-state index contributed by atoms with van der Waals surface area (Å²) in [7, 11) is 0. The van der Waals surface area contributed by atoms with E-state index in [1.165, 1.54) is 25.7 Å². The largest absolute Gasteiger partial charge is 0.379 e. The molecule has 1 rings (SSSR count). The lowest BCUT2D eigenvalue weighted by Gasteiger charge is -2.33. The monoisotopic (exact) mass is 200 g/mol. The molecule has 3 nitrogen and oxygen atoms in total. The average molecular weight is 200 g/mol. The Hall–Kier alpha value is -0.120. The topological polar surface area (TPSA) is 38.5 Å². The molecule has 0 radical (unpaired) electrons. The number of nitrogens with two attached hydrogens (primary N) is 1. The molecule has 0 aromatic heterocycles. The second-order valence-electron chi connectivity index (χ2n) is 4.03. The first-order chi connectivity index (χ1) is 6.88. The smallest absolute Gasteiger partial charge is 0.0594 e. The Labute approximate surface area is 87.6 Å². The van der Waals surface area contributed by atoms with Gasteiger partial charge in [0.05, 0.1) is 13.2 Å². The fourth-order valence-corrected chi connectivity index (χ4v) is 2.02. The zero-order valence-corrected chi connectivity index (χ0v) is 9.37. The number of hydrogen-bond acceptors (Lipinski definition) is 3. The first-order valence-electron chi connectivity index (χ1n) is 5.90. The van der Waals surface area contributed by atoms with Gasteiger partial charge in [0, 0.05) is 25.7 Å². The summed E-state index contributed by atoms with van der Waals surface area (Å²) >= 11 is 0. The van der Waals surface area contributed by atoms with Gasteiger partial charge in [0.15, 0.2) is 0 Å². The van der Waals surface area contributed by atoms with Crippen molar-refractivity contribution in [3.8, 4) is 0 Å². The van der Waals surface area contributed by atoms with Gasteiger partial charge in [-0.25, -0.2) is 0 Å². The normalized spacial score (nSPS) is 21.0. The number of unbranched alkanes of at least 4 members (excludes halogenated alkanes) is 2. The Bertz CT molecular complexity index is 135. The zero-order valence-electron chi connectivity index (χ0n) is 9.37. The van der Waals surface area contributed by atoms with Crippen molar-refractivity contribution in [3.63, 3.8) is 0 Å². The maximum absolute atomic E-state index is 5.80. The Morgan fingerprint density at radius 3 is 2.57 bits per heavy atom. The van der Waals surface area contributed by atoms with Gasteiger partial charge in [-0.1, -0.05) is 26.2 Å². The van der Waals surface area contributed by atoms with Crippen LogP contribution in [0.5, 0.6) is 0 Å². The zero-order chi connectivity index (χ0) is 10.2.